The second kappa shape index (κ2) is 10.6. The van der Waals surface area contributed by atoms with Crippen molar-refractivity contribution in [1.82, 2.24) is 0 Å². The molecular weight excluding hydrogens is 464 g/mol. The van der Waals surface area contributed by atoms with Crippen LogP contribution in [0.1, 0.15) is 27.4 Å². The van der Waals surface area contributed by atoms with E-state index in [2.05, 4.69) is 5.32 Å². The molecule has 0 unspecified atom stereocenters. The van der Waals surface area contributed by atoms with E-state index in [0.29, 0.717) is 23.0 Å². The molecule has 1 amide bonds. The van der Waals surface area contributed by atoms with Gasteiger partial charge < -0.3 is 23.9 Å². The van der Waals surface area contributed by atoms with E-state index >= 15 is 0 Å². The van der Waals surface area contributed by atoms with Crippen LogP contribution in [0.25, 0.3) is 0 Å². The Morgan fingerprint density at radius 1 is 0.917 bits per heavy atom. The van der Waals surface area contributed by atoms with Crippen LogP contribution in [0.3, 0.4) is 0 Å². The lowest BCUT2D eigenvalue weighted by molar-refractivity contribution is -0.384. The van der Waals surface area contributed by atoms with Crippen LogP contribution >= 0.6 is 0 Å². The highest BCUT2D eigenvalue weighted by atomic mass is 16.6. The summed E-state index contributed by atoms with van der Waals surface area (Å²) in [6, 6.07) is 19.9. The summed E-state index contributed by atoms with van der Waals surface area (Å²) < 4.78 is 22.3. The topological polar surface area (TPSA) is 113 Å². The molecule has 4 aromatic rings. The number of amides is 1. The van der Waals surface area contributed by atoms with Gasteiger partial charge in [-0.3, -0.25) is 14.9 Å². The quantitative estimate of drug-likeness (QED) is 0.213. The number of anilines is 1. The van der Waals surface area contributed by atoms with Gasteiger partial charge in [0.1, 0.15) is 35.4 Å². The summed E-state index contributed by atoms with van der Waals surface area (Å²) in [5, 5.41) is 14.1. The van der Waals surface area contributed by atoms with Gasteiger partial charge in [0.15, 0.2) is 5.76 Å². The highest BCUT2D eigenvalue weighted by molar-refractivity contribution is 6.02. The van der Waals surface area contributed by atoms with Crippen LogP contribution in [0, 0.1) is 24.0 Å². The highest BCUT2D eigenvalue weighted by Gasteiger charge is 2.16. The third-order valence-corrected chi connectivity index (χ3v) is 5.10. The maximum atomic E-state index is 12.8. The number of hydrogen-bond donors (Lipinski definition) is 1. The monoisotopic (exact) mass is 488 g/mol. The molecule has 4 rings (SSSR count). The average Bonchev–Trinajstić information content (AvgIpc) is 3.31. The smallest absolute Gasteiger partial charge is 0.291 e. The molecule has 1 heterocycles. The summed E-state index contributed by atoms with van der Waals surface area (Å²) in [5.41, 5.74) is 1.96. The van der Waals surface area contributed by atoms with E-state index in [0.717, 1.165) is 11.1 Å². The van der Waals surface area contributed by atoms with Crippen LogP contribution in [0.15, 0.2) is 77.2 Å². The van der Waals surface area contributed by atoms with E-state index in [-0.39, 0.29) is 29.5 Å². The van der Waals surface area contributed by atoms with Crippen molar-refractivity contribution < 1.29 is 28.3 Å². The van der Waals surface area contributed by atoms with Gasteiger partial charge in [-0.05, 0) is 61.4 Å². The molecule has 0 atom stereocenters. The molecule has 3 aromatic carbocycles. The van der Waals surface area contributed by atoms with Gasteiger partial charge in [-0.25, -0.2) is 0 Å². The summed E-state index contributed by atoms with van der Waals surface area (Å²) >= 11 is 0. The maximum absolute atomic E-state index is 12.8. The maximum Gasteiger partial charge on any atom is 0.291 e. The van der Waals surface area contributed by atoms with Crippen LogP contribution in [-0.2, 0) is 6.61 Å². The molecule has 0 saturated carbocycles. The third-order valence-electron chi connectivity index (χ3n) is 5.10. The third kappa shape index (κ3) is 6.20. The molecule has 1 aromatic heterocycles. The van der Waals surface area contributed by atoms with E-state index in [1.54, 1.807) is 37.4 Å². The molecular formula is C27H24N2O7. The first-order valence-electron chi connectivity index (χ1n) is 11.0. The fraction of sp³-hybridized carbons (Fsp3) is 0.148. The fourth-order valence-corrected chi connectivity index (χ4v) is 3.56. The number of rotatable bonds is 9. The number of nitrogens with zero attached hydrogens (tertiary/aromatic N) is 1. The van der Waals surface area contributed by atoms with Crippen molar-refractivity contribution >= 4 is 17.3 Å². The standard InChI is InChI=1S/C27H24N2O7/c1-17-9-18(2)11-24(10-17)35-25-13-19(12-20(14-25)29(31)32)28-27(30)26-8-7-23(36-26)16-34-22-6-4-5-21(15-22)33-3/h4-15H,16H2,1-3H3,(H,28,30). The predicted octanol–water partition coefficient (Wildman–Crippen LogP) is 6.44. The predicted molar refractivity (Wildman–Crippen MR) is 133 cm³/mol. The molecule has 0 bridgehead atoms. The van der Waals surface area contributed by atoms with Crippen LogP contribution in [-0.4, -0.2) is 17.9 Å². The van der Waals surface area contributed by atoms with Crippen molar-refractivity contribution in [3.05, 3.63) is 106 Å². The first-order valence-corrected chi connectivity index (χ1v) is 11.0. The van der Waals surface area contributed by atoms with Crippen LogP contribution in [0.5, 0.6) is 23.0 Å². The van der Waals surface area contributed by atoms with Crippen molar-refractivity contribution in [2.45, 2.75) is 20.5 Å². The summed E-state index contributed by atoms with van der Waals surface area (Å²) in [6.45, 7) is 3.96. The molecule has 0 aliphatic heterocycles. The number of methoxy groups -OCH3 is 1. The Balaban J connectivity index is 1.47. The number of aryl methyl sites for hydroxylation is 2. The normalized spacial score (nSPS) is 10.5. The first kappa shape index (κ1) is 24.3. The molecule has 0 radical (unpaired) electrons. The number of non-ortho nitro benzene ring substituents is 1. The van der Waals surface area contributed by atoms with Gasteiger partial charge in [0, 0.05) is 18.2 Å². The molecule has 184 valence electrons. The first-order chi connectivity index (χ1) is 17.3. The Hall–Kier alpha value is -4.79. The van der Waals surface area contributed by atoms with Crippen molar-refractivity contribution in [2.24, 2.45) is 0 Å². The number of benzene rings is 3. The Bertz CT molecular complexity index is 1390. The van der Waals surface area contributed by atoms with Gasteiger partial charge in [0.2, 0.25) is 0 Å². The van der Waals surface area contributed by atoms with Gasteiger partial charge in [-0.2, -0.15) is 0 Å². The van der Waals surface area contributed by atoms with Gasteiger partial charge in [-0.15, -0.1) is 0 Å². The fourth-order valence-electron chi connectivity index (χ4n) is 3.56. The number of nitro groups is 1. The number of furan rings is 1. The van der Waals surface area contributed by atoms with Crippen LogP contribution in [0.2, 0.25) is 0 Å². The summed E-state index contributed by atoms with van der Waals surface area (Å²) in [6.07, 6.45) is 0. The van der Waals surface area contributed by atoms with E-state index in [1.807, 2.05) is 32.0 Å². The van der Waals surface area contributed by atoms with Crippen molar-refractivity contribution in [3.8, 4) is 23.0 Å². The number of hydrogen-bond acceptors (Lipinski definition) is 7. The molecule has 0 fully saturated rings. The molecule has 0 aliphatic carbocycles. The van der Waals surface area contributed by atoms with Gasteiger partial charge in [0.05, 0.1) is 23.8 Å². The van der Waals surface area contributed by atoms with Crippen molar-refractivity contribution in [2.75, 3.05) is 12.4 Å². The zero-order valence-corrected chi connectivity index (χ0v) is 19.9. The Morgan fingerprint density at radius 3 is 2.36 bits per heavy atom. The summed E-state index contributed by atoms with van der Waals surface area (Å²) in [4.78, 5) is 23.7. The minimum Gasteiger partial charge on any atom is -0.497 e. The lowest BCUT2D eigenvalue weighted by Crippen LogP contribution is -2.11. The number of nitro benzene ring substituents is 1. The minimum atomic E-state index is -0.569. The zero-order chi connectivity index (χ0) is 25.7. The number of carbonyl (C=O) groups is 1. The van der Waals surface area contributed by atoms with Crippen LogP contribution < -0.4 is 19.5 Å². The molecule has 1 N–H and O–H groups in total. The summed E-state index contributed by atoms with van der Waals surface area (Å²) in [5.74, 6) is 1.90. The molecule has 0 saturated heterocycles. The number of carbonyl (C=O) groups excluding carboxylic acids is 1. The SMILES string of the molecule is COc1cccc(OCc2ccc(C(=O)Nc3cc(Oc4cc(C)cc(C)c4)cc([N+](=O)[O-])c3)o2)c1. The van der Waals surface area contributed by atoms with E-state index < -0.39 is 10.8 Å². The highest BCUT2D eigenvalue weighted by Crippen LogP contribution is 2.31. The molecule has 0 spiro atoms. The molecule has 9 nitrogen and oxygen atoms in total. The second-order valence-corrected chi connectivity index (χ2v) is 8.09. The van der Waals surface area contributed by atoms with Crippen LogP contribution in [0.4, 0.5) is 11.4 Å². The molecule has 9 heteroatoms. The van der Waals surface area contributed by atoms with E-state index in [1.165, 1.54) is 24.3 Å². The largest absolute Gasteiger partial charge is 0.497 e. The zero-order valence-electron chi connectivity index (χ0n) is 19.9. The number of ether oxygens (including phenoxy) is 3. The lowest BCUT2D eigenvalue weighted by atomic mass is 10.1. The number of nitrogens with one attached hydrogen (secondary N) is 1. The van der Waals surface area contributed by atoms with E-state index in [9.17, 15) is 14.9 Å². The van der Waals surface area contributed by atoms with Gasteiger partial charge >= 0.3 is 0 Å². The van der Waals surface area contributed by atoms with Gasteiger partial charge in [0.25, 0.3) is 11.6 Å². The molecule has 0 aliphatic rings. The van der Waals surface area contributed by atoms with Crippen molar-refractivity contribution in [1.29, 1.82) is 0 Å². The second-order valence-electron chi connectivity index (χ2n) is 8.09. The van der Waals surface area contributed by atoms with Gasteiger partial charge in [-0.1, -0.05) is 12.1 Å². The van der Waals surface area contributed by atoms with E-state index in [4.69, 9.17) is 18.6 Å². The summed E-state index contributed by atoms with van der Waals surface area (Å²) in [7, 11) is 1.57. The minimum absolute atomic E-state index is 0.0301. The Kier molecular flexibility index (Phi) is 7.20. The average molecular weight is 488 g/mol. The Labute approximate surface area is 207 Å². The lowest BCUT2D eigenvalue weighted by Gasteiger charge is -2.10. The molecule has 36 heavy (non-hydrogen) atoms. The van der Waals surface area contributed by atoms with Crippen molar-refractivity contribution in [3.63, 3.8) is 0 Å². The Morgan fingerprint density at radius 2 is 1.64 bits per heavy atom.